The SMILES string of the molecule is Fc1ccccc1Cc1cnc(C2CCCCN2)o1. The number of rotatable bonds is 3. The molecule has 1 N–H and O–H groups in total. The van der Waals surface area contributed by atoms with E-state index < -0.39 is 0 Å². The Hall–Kier alpha value is -1.68. The zero-order valence-electron chi connectivity index (χ0n) is 10.7. The lowest BCUT2D eigenvalue weighted by Gasteiger charge is -2.20. The minimum absolute atomic E-state index is 0.198. The van der Waals surface area contributed by atoms with Crippen molar-refractivity contribution in [3.05, 3.63) is 53.5 Å². The lowest BCUT2D eigenvalue weighted by molar-refractivity contribution is 0.330. The van der Waals surface area contributed by atoms with Crippen molar-refractivity contribution in [2.24, 2.45) is 0 Å². The van der Waals surface area contributed by atoms with E-state index in [2.05, 4.69) is 10.3 Å². The van der Waals surface area contributed by atoms with Gasteiger partial charge in [0.15, 0.2) is 0 Å². The molecular weight excluding hydrogens is 243 g/mol. The van der Waals surface area contributed by atoms with Crippen molar-refractivity contribution in [1.82, 2.24) is 10.3 Å². The molecule has 1 aliphatic rings. The van der Waals surface area contributed by atoms with E-state index in [0.29, 0.717) is 17.7 Å². The molecule has 1 atom stereocenters. The van der Waals surface area contributed by atoms with Gasteiger partial charge in [-0.2, -0.15) is 0 Å². The molecule has 0 bridgehead atoms. The van der Waals surface area contributed by atoms with Gasteiger partial charge in [0.2, 0.25) is 5.89 Å². The molecule has 0 spiro atoms. The fourth-order valence-electron chi connectivity index (χ4n) is 2.46. The summed E-state index contributed by atoms with van der Waals surface area (Å²) in [7, 11) is 0. The Morgan fingerprint density at radius 2 is 2.21 bits per heavy atom. The molecule has 3 rings (SSSR count). The maximum atomic E-state index is 13.6. The molecule has 4 heteroatoms. The molecule has 1 aliphatic heterocycles. The summed E-state index contributed by atoms with van der Waals surface area (Å²) in [5.74, 6) is 1.25. The van der Waals surface area contributed by atoms with Gasteiger partial charge in [-0.15, -0.1) is 0 Å². The third kappa shape index (κ3) is 2.84. The van der Waals surface area contributed by atoms with Gasteiger partial charge >= 0.3 is 0 Å². The van der Waals surface area contributed by atoms with Crippen LogP contribution in [0.15, 0.2) is 34.9 Å². The normalized spacial score (nSPS) is 19.5. The van der Waals surface area contributed by atoms with Crippen LogP contribution in [0.3, 0.4) is 0 Å². The van der Waals surface area contributed by atoms with Crippen LogP contribution in [-0.4, -0.2) is 11.5 Å². The van der Waals surface area contributed by atoms with Gasteiger partial charge in [-0.05, 0) is 31.0 Å². The summed E-state index contributed by atoms with van der Waals surface area (Å²) in [6.45, 7) is 1.01. The third-order valence-electron chi connectivity index (χ3n) is 3.50. The number of nitrogens with one attached hydrogen (secondary N) is 1. The van der Waals surface area contributed by atoms with E-state index >= 15 is 0 Å². The molecule has 1 unspecified atom stereocenters. The standard InChI is InChI=1S/C15H17FN2O/c16-13-6-2-1-5-11(13)9-12-10-18-15(19-12)14-7-3-4-8-17-14/h1-2,5-6,10,14,17H,3-4,7-9H2. The summed E-state index contributed by atoms with van der Waals surface area (Å²) in [4.78, 5) is 4.31. The van der Waals surface area contributed by atoms with E-state index in [9.17, 15) is 4.39 Å². The minimum atomic E-state index is -0.198. The molecular formula is C15H17FN2O. The molecule has 1 fully saturated rings. The van der Waals surface area contributed by atoms with Crippen LogP contribution in [0.1, 0.15) is 42.5 Å². The smallest absolute Gasteiger partial charge is 0.211 e. The Bertz CT molecular complexity index is 547. The molecule has 0 aliphatic carbocycles. The molecule has 1 aromatic carbocycles. The maximum Gasteiger partial charge on any atom is 0.211 e. The van der Waals surface area contributed by atoms with Gasteiger partial charge < -0.3 is 9.73 Å². The quantitative estimate of drug-likeness (QED) is 0.920. The number of aromatic nitrogens is 1. The van der Waals surface area contributed by atoms with Crippen LogP contribution in [0.5, 0.6) is 0 Å². The van der Waals surface area contributed by atoms with Gasteiger partial charge in [-0.25, -0.2) is 9.37 Å². The van der Waals surface area contributed by atoms with Crippen molar-refractivity contribution >= 4 is 0 Å². The lowest BCUT2D eigenvalue weighted by atomic mass is 10.1. The van der Waals surface area contributed by atoms with Crippen molar-refractivity contribution < 1.29 is 8.81 Å². The predicted octanol–water partition coefficient (Wildman–Crippen LogP) is 3.22. The maximum absolute atomic E-state index is 13.6. The second-order valence-electron chi connectivity index (χ2n) is 4.94. The summed E-state index contributed by atoms with van der Waals surface area (Å²) in [6, 6.07) is 6.98. The van der Waals surface area contributed by atoms with E-state index in [-0.39, 0.29) is 11.9 Å². The Morgan fingerprint density at radius 3 is 3.00 bits per heavy atom. The molecule has 19 heavy (non-hydrogen) atoms. The van der Waals surface area contributed by atoms with Crippen LogP contribution < -0.4 is 5.32 Å². The topological polar surface area (TPSA) is 38.1 Å². The van der Waals surface area contributed by atoms with Crippen molar-refractivity contribution in [3.63, 3.8) is 0 Å². The second kappa shape index (κ2) is 5.53. The van der Waals surface area contributed by atoms with Gasteiger partial charge in [-0.3, -0.25) is 0 Å². The van der Waals surface area contributed by atoms with Crippen LogP contribution in [0.2, 0.25) is 0 Å². The fourth-order valence-corrected chi connectivity index (χ4v) is 2.46. The first-order valence-electron chi connectivity index (χ1n) is 6.74. The predicted molar refractivity (Wildman–Crippen MR) is 70.3 cm³/mol. The van der Waals surface area contributed by atoms with Crippen molar-refractivity contribution in [3.8, 4) is 0 Å². The molecule has 2 aromatic rings. The van der Waals surface area contributed by atoms with Gasteiger partial charge in [-0.1, -0.05) is 24.6 Å². The number of benzene rings is 1. The molecule has 1 aromatic heterocycles. The van der Waals surface area contributed by atoms with Crippen molar-refractivity contribution in [1.29, 1.82) is 0 Å². The summed E-state index contributed by atoms with van der Waals surface area (Å²) < 4.78 is 19.3. The number of oxazole rings is 1. The summed E-state index contributed by atoms with van der Waals surface area (Å²) in [5, 5.41) is 3.39. The van der Waals surface area contributed by atoms with E-state index in [1.807, 2.05) is 6.07 Å². The van der Waals surface area contributed by atoms with E-state index in [1.54, 1.807) is 18.3 Å². The highest BCUT2D eigenvalue weighted by molar-refractivity contribution is 5.21. The molecule has 1 saturated heterocycles. The highest BCUT2D eigenvalue weighted by atomic mass is 19.1. The lowest BCUT2D eigenvalue weighted by Crippen LogP contribution is -2.26. The van der Waals surface area contributed by atoms with Crippen LogP contribution in [0, 0.1) is 5.82 Å². The Labute approximate surface area is 111 Å². The van der Waals surface area contributed by atoms with Gasteiger partial charge in [0.05, 0.1) is 12.2 Å². The molecule has 0 amide bonds. The Balaban J connectivity index is 1.73. The first-order chi connectivity index (χ1) is 9.33. The van der Waals surface area contributed by atoms with Crippen LogP contribution in [0.4, 0.5) is 4.39 Å². The Kier molecular flexibility index (Phi) is 3.60. The van der Waals surface area contributed by atoms with E-state index in [1.165, 1.54) is 18.9 Å². The van der Waals surface area contributed by atoms with Gasteiger partial charge in [0.25, 0.3) is 0 Å². The average Bonchev–Trinajstić information content (AvgIpc) is 2.91. The molecule has 2 heterocycles. The highest BCUT2D eigenvalue weighted by Crippen LogP contribution is 2.23. The fraction of sp³-hybridized carbons (Fsp3) is 0.400. The van der Waals surface area contributed by atoms with Gasteiger partial charge in [0.1, 0.15) is 11.6 Å². The minimum Gasteiger partial charge on any atom is -0.444 e. The molecule has 3 nitrogen and oxygen atoms in total. The largest absolute Gasteiger partial charge is 0.444 e. The third-order valence-corrected chi connectivity index (χ3v) is 3.50. The first kappa shape index (κ1) is 12.4. The van der Waals surface area contributed by atoms with E-state index in [4.69, 9.17) is 4.42 Å². The van der Waals surface area contributed by atoms with Gasteiger partial charge in [0, 0.05) is 6.42 Å². The van der Waals surface area contributed by atoms with Crippen LogP contribution >= 0.6 is 0 Å². The number of halogens is 1. The number of hydrogen-bond acceptors (Lipinski definition) is 3. The monoisotopic (exact) mass is 260 g/mol. The number of nitrogens with zero attached hydrogens (tertiary/aromatic N) is 1. The zero-order valence-corrected chi connectivity index (χ0v) is 10.7. The molecule has 0 saturated carbocycles. The zero-order chi connectivity index (χ0) is 13.1. The molecule has 100 valence electrons. The first-order valence-corrected chi connectivity index (χ1v) is 6.74. The Morgan fingerprint density at radius 1 is 1.32 bits per heavy atom. The van der Waals surface area contributed by atoms with Crippen molar-refractivity contribution in [2.75, 3.05) is 6.54 Å². The molecule has 0 radical (unpaired) electrons. The second-order valence-corrected chi connectivity index (χ2v) is 4.94. The summed E-state index contributed by atoms with van der Waals surface area (Å²) in [5.41, 5.74) is 0.641. The van der Waals surface area contributed by atoms with Crippen molar-refractivity contribution in [2.45, 2.75) is 31.7 Å². The average molecular weight is 260 g/mol. The summed E-state index contributed by atoms with van der Waals surface area (Å²) in [6.07, 6.45) is 5.62. The highest BCUT2D eigenvalue weighted by Gasteiger charge is 2.19. The van der Waals surface area contributed by atoms with Crippen LogP contribution in [-0.2, 0) is 6.42 Å². The van der Waals surface area contributed by atoms with Crippen LogP contribution in [0.25, 0.3) is 0 Å². The summed E-state index contributed by atoms with van der Waals surface area (Å²) >= 11 is 0. The van der Waals surface area contributed by atoms with E-state index in [0.717, 1.165) is 18.9 Å². The number of hydrogen-bond donors (Lipinski definition) is 1. The number of piperidine rings is 1.